The van der Waals surface area contributed by atoms with Crippen molar-refractivity contribution < 1.29 is 27.8 Å². The number of carbonyl (C=O) groups is 2. The predicted octanol–water partition coefficient (Wildman–Crippen LogP) is 2.86. The summed E-state index contributed by atoms with van der Waals surface area (Å²) in [6.45, 7) is 2.81. The number of nitrogens with one attached hydrogen (secondary N) is 1. The lowest BCUT2D eigenvalue weighted by atomic mass is 10.2. The van der Waals surface area contributed by atoms with E-state index in [9.17, 15) is 18.4 Å². The van der Waals surface area contributed by atoms with Crippen molar-refractivity contribution in [2.45, 2.75) is 19.6 Å². The molecule has 21 heavy (non-hydrogen) atoms. The number of ether oxygens (including phenoxy) is 2. The van der Waals surface area contributed by atoms with Crippen molar-refractivity contribution in [2.24, 2.45) is 0 Å². The fraction of sp³-hybridized carbons (Fsp3) is 0.231. The summed E-state index contributed by atoms with van der Waals surface area (Å²) in [6.07, 6.45) is 0.947. The molecule has 1 aromatic carbocycles. The van der Waals surface area contributed by atoms with E-state index in [0.29, 0.717) is 0 Å². The molecule has 1 saturated heterocycles. The predicted molar refractivity (Wildman–Crippen MR) is 72.0 cm³/mol. The Hall–Kier alpha value is -1.96. The van der Waals surface area contributed by atoms with E-state index in [1.54, 1.807) is 0 Å². The minimum Gasteiger partial charge on any atom is -0.419 e. The van der Waals surface area contributed by atoms with Crippen LogP contribution in [0.1, 0.15) is 13.8 Å². The average Bonchev–Trinajstić information content (AvgIpc) is 2.36. The van der Waals surface area contributed by atoms with Crippen LogP contribution >= 0.6 is 15.9 Å². The summed E-state index contributed by atoms with van der Waals surface area (Å²) in [7, 11) is 0. The maximum absolute atomic E-state index is 13.7. The molecule has 0 radical (unpaired) electrons. The van der Waals surface area contributed by atoms with Crippen molar-refractivity contribution in [3.8, 4) is 0 Å². The van der Waals surface area contributed by atoms with Gasteiger partial charge in [0.2, 0.25) is 0 Å². The van der Waals surface area contributed by atoms with Gasteiger partial charge < -0.3 is 14.8 Å². The molecule has 1 aromatic rings. The molecule has 112 valence electrons. The van der Waals surface area contributed by atoms with Gasteiger partial charge in [-0.3, -0.25) is 0 Å². The van der Waals surface area contributed by atoms with Gasteiger partial charge in [-0.15, -0.1) is 0 Å². The minimum absolute atomic E-state index is 0.124. The fourth-order valence-electron chi connectivity index (χ4n) is 1.57. The molecule has 0 amide bonds. The summed E-state index contributed by atoms with van der Waals surface area (Å²) in [5, 5.41) is 2.40. The molecule has 1 fully saturated rings. The van der Waals surface area contributed by atoms with Crippen molar-refractivity contribution in [3.05, 3.63) is 40.0 Å². The number of cyclic esters (lactones) is 2. The lowest BCUT2D eigenvalue weighted by Crippen LogP contribution is -2.42. The Morgan fingerprint density at radius 3 is 2.33 bits per heavy atom. The Balaban J connectivity index is 2.24. The molecule has 2 rings (SSSR count). The molecular weight excluding hydrogens is 352 g/mol. The molecular formula is C13H10BrF2NO4. The highest BCUT2D eigenvalue weighted by molar-refractivity contribution is 9.10. The lowest BCUT2D eigenvalue weighted by Gasteiger charge is -2.29. The highest BCUT2D eigenvalue weighted by atomic mass is 79.9. The Morgan fingerprint density at radius 2 is 1.76 bits per heavy atom. The number of anilines is 1. The van der Waals surface area contributed by atoms with Crippen molar-refractivity contribution in [1.29, 1.82) is 0 Å². The van der Waals surface area contributed by atoms with E-state index in [0.717, 1.165) is 18.3 Å². The first kappa shape index (κ1) is 15.4. The van der Waals surface area contributed by atoms with E-state index >= 15 is 0 Å². The molecule has 1 heterocycles. The molecule has 0 aliphatic carbocycles. The quantitative estimate of drug-likeness (QED) is 0.379. The zero-order valence-corrected chi connectivity index (χ0v) is 12.6. The van der Waals surface area contributed by atoms with Crippen LogP contribution in [-0.2, 0) is 19.1 Å². The Labute approximate surface area is 127 Å². The number of carbonyl (C=O) groups excluding carboxylic acids is 2. The van der Waals surface area contributed by atoms with Crippen LogP contribution in [0.5, 0.6) is 0 Å². The summed E-state index contributed by atoms with van der Waals surface area (Å²) in [5.41, 5.74) is -0.546. The Kier molecular flexibility index (Phi) is 3.99. The average molecular weight is 362 g/mol. The van der Waals surface area contributed by atoms with Gasteiger partial charge >= 0.3 is 11.9 Å². The van der Waals surface area contributed by atoms with Crippen LogP contribution in [0, 0.1) is 11.6 Å². The molecule has 0 saturated carbocycles. The zero-order valence-electron chi connectivity index (χ0n) is 11.0. The second-order valence-corrected chi connectivity index (χ2v) is 5.40. The number of hydrogen-bond acceptors (Lipinski definition) is 5. The van der Waals surface area contributed by atoms with Crippen molar-refractivity contribution in [1.82, 2.24) is 0 Å². The van der Waals surface area contributed by atoms with Crippen LogP contribution in [-0.4, -0.2) is 17.7 Å². The zero-order chi connectivity index (χ0) is 15.8. The third-order valence-electron chi connectivity index (χ3n) is 2.52. The van der Waals surface area contributed by atoms with Crippen molar-refractivity contribution in [3.63, 3.8) is 0 Å². The van der Waals surface area contributed by atoms with Gasteiger partial charge in [0.15, 0.2) is 11.4 Å². The molecule has 1 aliphatic rings. The topological polar surface area (TPSA) is 64.6 Å². The van der Waals surface area contributed by atoms with Crippen LogP contribution in [0.25, 0.3) is 0 Å². The maximum atomic E-state index is 13.7. The van der Waals surface area contributed by atoms with Gasteiger partial charge in [0.05, 0.1) is 10.2 Å². The van der Waals surface area contributed by atoms with Gasteiger partial charge in [-0.1, -0.05) is 0 Å². The van der Waals surface area contributed by atoms with Crippen molar-refractivity contribution in [2.75, 3.05) is 5.32 Å². The summed E-state index contributed by atoms with van der Waals surface area (Å²) in [5.74, 6) is -4.82. The first-order valence-corrected chi connectivity index (χ1v) is 6.57. The summed E-state index contributed by atoms with van der Waals surface area (Å²) < 4.78 is 36.2. The smallest absolute Gasteiger partial charge is 0.350 e. The molecule has 0 aromatic heterocycles. The van der Waals surface area contributed by atoms with E-state index in [-0.39, 0.29) is 10.2 Å². The lowest BCUT2D eigenvalue weighted by molar-refractivity contribution is -0.222. The highest BCUT2D eigenvalue weighted by Crippen LogP contribution is 2.27. The molecule has 0 spiro atoms. The van der Waals surface area contributed by atoms with E-state index in [4.69, 9.17) is 9.47 Å². The summed E-state index contributed by atoms with van der Waals surface area (Å²) in [6, 6.07) is 2.14. The molecule has 0 bridgehead atoms. The second-order valence-electron chi connectivity index (χ2n) is 4.60. The second kappa shape index (κ2) is 5.44. The largest absolute Gasteiger partial charge is 0.419 e. The Bertz CT molecular complexity index is 636. The number of halogens is 3. The number of esters is 2. The van der Waals surface area contributed by atoms with Crippen LogP contribution < -0.4 is 5.32 Å². The summed E-state index contributed by atoms with van der Waals surface area (Å²) in [4.78, 5) is 23.3. The van der Waals surface area contributed by atoms with Crippen LogP contribution in [0.15, 0.2) is 28.4 Å². The van der Waals surface area contributed by atoms with Gasteiger partial charge in [0.25, 0.3) is 5.79 Å². The van der Waals surface area contributed by atoms with E-state index < -0.39 is 34.9 Å². The molecule has 1 aliphatic heterocycles. The third-order valence-corrected chi connectivity index (χ3v) is 3.25. The van der Waals surface area contributed by atoms with Crippen LogP contribution in [0.3, 0.4) is 0 Å². The van der Waals surface area contributed by atoms with Gasteiger partial charge in [-0.05, 0) is 28.1 Å². The number of benzene rings is 1. The molecule has 5 nitrogen and oxygen atoms in total. The van der Waals surface area contributed by atoms with Gasteiger partial charge in [-0.25, -0.2) is 18.4 Å². The SMILES string of the molecule is CC1(C)OC(=O)C(=CNc2ccc(F)c(Br)c2F)C(=O)O1. The normalized spacial score (nSPS) is 17.1. The Morgan fingerprint density at radius 1 is 1.19 bits per heavy atom. The van der Waals surface area contributed by atoms with Crippen LogP contribution in [0.2, 0.25) is 0 Å². The summed E-state index contributed by atoms with van der Waals surface area (Å²) >= 11 is 2.74. The monoisotopic (exact) mass is 361 g/mol. The molecule has 8 heteroatoms. The first-order valence-electron chi connectivity index (χ1n) is 5.78. The first-order chi connectivity index (χ1) is 9.71. The molecule has 1 N–H and O–H groups in total. The third kappa shape index (κ3) is 3.21. The van der Waals surface area contributed by atoms with E-state index in [1.807, 2.05) is 0 Å². The standard InChI is InChI=1S/C13H10BrF2NO4/c1-13(2)20-11(18)6(12(19)21-13)5-17-8-4-3-7(15)9(14)10(8)16/h3-5,17H,1-2H3. The maximum Gasteiger partial charge on any atom is 0.350 e. The minimum atomic E-state index is -1.35. The van der Waals surface area contributed by atoms with E-state index in [2.05, 4.69) is 21.2 Å². The van der Waals surface area contributed by atoms with Gasteiger partial charge in [0, 0.05) is 20.0 Å². The number of hydrogen-bond donors (Lipinski definition) is 1. The van der Waals surface area contributed by atoms with Crippen molar-refractivity contribution >= 4 is 33.6 Å². The number of rotatable bonds is 2. The molecule has 0 unspecified atom stereocenters. The fourth-order valence-corrected chi connectivity index (χ4v) is 1.91. The van der Waals surface area contributed by atoms with Crippen LogP contribution in [0.4, 0.5) is 14.5 Å². The van der Waals surface area contributed by atoms with Gasteiger partial charge in [-0.2, -0.15) is 0 Å². The highest BCUT2D eigenvalue weighted by Gasteiger charge is 2.38. The van der Waals surface area contributed by atoms with E-state index in [1.165, 1.54) is 13.8 Å². The molecule has 0 atom stereocenters. The van der Waals surface area contributed by atoms with Gasteiger partial charge in [0.1, 0.15) is 5.82 Å².